The fourth-order valence-electron chi connectivity index (χ4n) is 2.93. The number of hydrogen-bond acceptors (Lipinski definition) is 2. The van der Waals surface area contributed by atoms with Gasteiger partial charge in [0.15, 0.2) is 0 Å². The molecule has 0 aliphatic carbocycles. The average molecular weight is 278 g/mol. The third-order valence-corrected chi connectivity index (χ3v) is 4.21. The van der Waals surface area contributed by atoms with Gasteiger partial charge in [-0.2, -0.15) is 0 Å². The summed E-state index contributed by atoms with van der Waals surface area (Å²) in [6.07, 6.45) is 0. The van der Waals surface area contributed by atoms with E-state index in [0.29, 0.717) is 6.61 Å². The normalized spacial score (nSPS) is 16.8. The summed E-state index contributed by atoms with van der Waals surface area (Å²) in [7, 11) is 0. The quantitative estimate of drug-likeness (QED) is 0.661. The Balaban J connectivity index is 1.82. The molecule has 0 amide bonds. The fourth-order valence-corrected chi connectivity index (χ4v) is 2.93. The molecule has 1 fully saturated rings. The first-order valence-corrected chi connectivity index (χ1v) is 7.36. The lowest BCUT2D eigenvalue weighted by Gasteiger charge is -2.37. The minimum atomic E-state index is 0.159. The van der Waals surface area contributed by atoms with Gasteiger partial charge in [0.2, 0.25) is 0 Å². The second-order valence-electron chi connectivity index (χ2n) is 6.23. The predicted molar refractivity (Wildman–Crippen MR) is 85.9 cm³/mol. The summed E-state index contributed by atoms with van der Waals surface area (Å²) in [5.74, 6) is 0.970. The van der Waals surface area contributed by atoms with Crippen LogP contribution in [0.3, 0.4) is 0 Å². The zero-order chi connectivity index (χ0) is 14.3. The van der Waals surface area contributed by atoms with Crippen LogP contribution in [0.15, 0.2) is 54.6 Å². The first kappa shape index (κ1) is 12.7. The van der Waals surface area contributed by atoms with Gasteiger partial charge in [0.05, 0.1) is 19.8 Å². The summed E-state index contributed by atoms with van der Waals surface area (Å²) in [5, 5.41) is 4.93. The van der Waals surface area contributed by atoms with Gasteiger partial charge in [-0.3, -0.25) is 0 Å². The molecule has 0 unspecified atom stereocenters. The van der Waals surface area contributed by atoms with Gasteiger partial charge in [-0.05, 0) is 22.2 Å². The molecule has 106 valence electrons. The second-order valence-corrected chi connectivity index (χ2v) is 6.23. The molecule has 0 spiro atoms. The van der Waals surface area contributed by atoms with E-state index in [2.05, 4.69) is 61.5 Å². The van der Waals surface area contributed by atoms with Gasteiger partial charge in [0.25, 0.3) is 0 Å². The molecule has 1 aliphatic rings. The topological polar surface area (TPSA) is 18.5 Å². The van der Waals surface area contributed by atoms with Gasteiger partial charge < -0.3 is 9.47 Å². The van der Waals surface area contributed by atoms with Crippen molar-refractivity contribution in [2.75, 3.05) is 19.8 Å². The van der Waals surface area contributed by atoms with Crippen molar-refractivity contribution in [3.63, 3.8) is 0 Å². The maximum absolute atomic E-state index is 6.15. The highest BCUT2D eigenvalue weighted by molar-refractivity contribution is 6.10. The van der Waals surface area contributed by atoms with E-state index in [1.807, 2.05) is 0 Å². The van der Waals surface area contributed by atoms with Gasteiger partial charge in [0.1, 0.15) is 5.75 Å². The van der Waals surface area contributed by atoms with Crippen LogP contribution in [-0.2, 0) is 4.74 Å². The molecule has 0 aromatic heterocycles. The molecule has 2 heteroatoms. The van der Waals surface area contributed by atoms with Crippen LogP contribution in [0.1, 0.15) is 6.92 Å². The van der Waals surface area contributed by atoms with E-state index < -0.39 is 0 Å². The van der Waals surface area contributed by atoms with Gasteiger partial charge in [-0.25, -0.2) is 0 Å². The minimum Gasteiger partial charge on any atom is -0.492 e. The molecule has 0 saturated carbocycles. The van der Waals surface area contributed by atoms with Crippen LogP contribution >= 0.6 is 0 Å². The minimum absolute atomic E-state index is 0.159. The molecule has 2 nitrogen and oxygen atoms in total. The first-order valence-electron chi connectivity index (χ1n) is 7.36. The number of fused-ring (bicyclic) bond motifs is 3. The van der Waals surface area contributed by atoms with E-state index in [9.17, 15) is 0 Å². The Bertz CT molecular complexity index is 803. The first-order chi connectivity index (χ1) is 10.3. The molecule has 0 bridgehead atoms. The third-order valence-electron chi connectivity index (χ3n) is 4.21. The summed E-state index contributed by atoms with van der Waals surface area (Å²) < 4.78 is 11.5. The highest BCUT2D eigenvalue weighted by Crippen LogP contribution is 2.35. The monoisotopic (exact) mass is 278 g/mol. The van der Waals surface area contributed by atoms with Crippen molar-refractivity contribution in [2.45, 2.75) is 6.92 Å². The second kappa shape index (κ2) is 4.74. The maximum atomic E-state index is 6.15. The average Bonchev–Trinajstić information content (AvgIpc) is 2.51. The molecule has 1 saturated heterocycles. The van der Waals surface area contributed by atoms with Crippen molar-refractivity contribution in [3.05, 3.63) is 54.6 Å². The molecule has 21 heavy (non-hydrogen) atoms. The zero-order valence-electron chi connectivity index (χ0n) is 12.1. The van der Waals surface area contributed by atoms with Gasteiger partial charge in [-0.1, -0.05) is 55.5 Å². The molecule has 1 heterocycles. The molecule has 0 radical (unpaired) electrons. The molecule has 3 aromatic rings. The van der Waals surface area contributed by atoms with Crippen LogP contribution < -0.4 is 4.74 Å². The van der Waals surface area contributed by atoms with E-state index in [1.54, 1.807) is 0 Å². The van der Waals surface area contributed by atoms with E-state index in [1.165, 1.54) is 21.5 Å². The van der Waals surface area contributed by atoms with E-state index in [-0.39, 0.29) is 5.41 Å². The Hall–Kier alpha value is -2.06. The molecule has 0 N–H and O–H groups in total. The number of ether oxygens (including phenoxy) is 2. The van der Waals surface area contributed by atoms with Gasteiger partial charge in [-0.15, -0.1) is 0 Å². The highest BCUT2D eigenvalue weighted by Gasteiger charge is 2.34. The van der Waals surface area contributed by atoms with Gasteiger partial charge >= 0.3 is 0 Å². The fraction of sp³-hybridized carbons (Fsp3) is 0.263. The van der Waals surface area contributed by atoms with E-state index in [4.69, 9.17) is 9.47 Å². The van der Waals surface area contributed by atoms with Gasteiger partial charge in [0, 0.05) is 10.8 Å². The highest BCUT2D eigenvalue weighted by atomic mass is 16.5. The SMILES string of the molecule is CC1(COc2cc3ccccc3c3ccccc23)COC1. The predicted octanol–water partition coefficient (Wildman–Crippen LogP) is 4.41. The lowest BCUT2D eigenvalue weighted by molar-refractivity contribution is -0.120. The largest absolute Gasteiger partial charge is 0.492 e. The zero-order valence-corrected chi connectivity index (χ0v) is 12.1. The number of hydrogen-bond donors (Lipinski definition) is 0. The van der Waals surface area contributed by atoms with Crippen molar-refractivity contribution >= 4 is 21.5 Å². The lowest BCUT2D eigenvalue weighted by atomic mass is 9.90. The van der Waals surface area contributed by atoms with Crippen molar-refractivity contribution in [2.24, 2.45) is 5.41 Å². The molecule has 4 rings (SSSR count). The van der Waals surface area contributed by atoms with Crippen LogP contribution in [0.25, 0.3) is 21.5 Å². The van der Waals surface area contributed by atoms with E-state index >= 15 is 0 Å². The third kappa shape index (κ3) is 2.16. The van der Waals surface area contributed by atoms with Crippen LogP contribution in [0.5, 0.6) is 5.75 Å². The standard InChI is InChI=1S/C19H18O2/c1-19(11-20-12-19)13-21-18-10-14-6-2-3-7-15(14)16-8-4-5-9-17(16)18/h2-10H,11-13H2,1H3. The molecular weight excluding hydrogens is 260 g/mol. The van der Waals surface area contributed by atoms with E-state index in [0.717, 1.165) is 19.0 Å². The Morgan fingerprint density at radius 2 is 1.62 bits per heavy atom. The Labute approximate surface area is 124 Å². The van der Waals surface area contributed by atoms with Crippen molar-refractivity contribution in [1.82, 2.24) is 0 Å². The lowest BCUT2D eigenvalue weighted by Crippen LogP contribution is -2.44. The number of rotatable bonds is 3. The molecule has 0 atom stereocenters. The van der Waals surface area contributed by atoms with Crippen molar-refractivity contribution < 1.29 is 9.47 Å². The van der Waals surface area contributed by atoms with Crippen LogP contribution in [-0.4, -0.2) is 19.8 Å². The van der Waals surface area contributed by atoms with Crippen LogP contribution in [0, 0.1) is 5.41 Å². The van der Waals surface area contributed by atoms with Crippen molar-refractivity contribution in [3.8, 4) is 5.75 Å². The summed E-state index contributed by atoms with van der Waals surface area (Å²) in [6, 6.07) is 19.1. The van der Waals surface area contributed by atoms with Crippen molar-refractivity contribution in [1.29, 1.82) is 0 Å². The molecular formula is C19H18O2. The summed E-state index contributed by atoms with van der Waals surface area (Å²) in [5.41, 5.74) is 0.159. The Morgan fingerprint density at radius 1 is 0.952 bits per heavy atom. The Morgan fingerprint density at radius 3 is 2.33 bits per heavy atom. The smallest absolute Gasteiger partial charge is 0.127 e. The summed E-state index contributed by atoms with van der Waals surface area (Å²) >= 11 is 0. The molecule has 3 aromatic carbocycles. The molecule has 1 aliphatic heterocycles. The Kier molecular flexibility index (Phi) is 2.86. The summed E-state index contributed by atoms with van der Waals surface area (Å²) in [4.78, 5) is 0. The number of benzene rings is 3. The van der Waals surface area contributed by atoms with Crippen LogP contribution in [0.2, 0.25) is 0 Å². The summed E-state index contributed by atoms with van der Waals surface area (Å²) in [6.45, 7) is 4.49. The van der Waals surface area contributed by atoms with Crippen LogP contribution in [0.4, 0.5) is 0 Å². The maximum Gasteiger partial charge on any atom is 0.127 e.